The molecule has 0 aliphatic carbocycles. The molecule has 0 atom stereocenters. The van der Waals surface area contributed by atoms with Gasteiger partial charge in [-0.25, -0.2) is 4.98 Å². The third-order valence-electron chi connectivity index (χ3n) is 8.40. The fourth-order valence-corrected chi connectivity index (χ4v) is 5.71. The molecule has 0 saturated heterocycles. The number of carboxylic acid groups (broad SMARTS) is 3. The van der Waals surface area contributed by atoms with Crippen molar-refractivity contribution in [3.8, 4) is 11.8 Å². The molecule has 2 heterocycles. The molecule has 0 aliphatic heterocycles. The summed E-state index contributed by atoms with van der Waals surface area (Å²) in [6.45, 7) is -0.911. The molecule has 2 aromatic heterocycles. The van der Waals surface area contributed by atoms with Gasteiger partial charge in [0.05, 0.1) is 68.5 Å². The van der Waals surface area contributed by atoms with Crippen LogP contribution in [-0.2, 0) is 33.4 Å². The van der Waals surface area contributed by atoms with E-state index in [0.717, 1.165) is 21.8 Å². The van der Waals surface area contributed by atoms with Crippen molar-refractivity contribution >= 4 is 57.2 Å². The smallest absolute Gasteiger partial charge is 0.549 e. The molecular formula is C40H45EuN8O10. The molecule has 18 nitrogen and oxygen atoms in total. The molecule has 2 amide bonds. The number of carbonyl (C=O) groups is 5. The number of carboxylic acids is 3. The summed E-state index contributed by atoms with van der Waals surface area (Å²) in [5, 5.41) is 41.7. The summed E-state index contributed by atoms with van der Waals surface area (Å²) < 4.78 is 10.5. The van der Waals surface area contributed by atoms with E-state index in [1.54, 1.807) is 30.5 Å². The summed E-state index contributed by atoms with van der Waals surface area (Å²) in [4.78, 5) is 72.9. The zero-order valence-corrected chi connectivity index (χ0v) is 34.7. The molecule has 59 heavy (non-hydrogen) atoms. The van der Waals surface area contributed by atoms with Crippen molar-refractivity contribution in [2.45, 2.75) is 0 Å². The second kappa shape index (κ2) is 26.6. The third kappa shape index (κ3) is 18.5. The predicted molar refractivity (Wildman–Crippen MR) is 206 cm³/mol. The number of nitrogens with zero attached hydrogens (tertiary/aromatic N) is 5. The maximum Gasteiger partial charge on any atom is 3.00 e. The number of fused-ring (bicyclic) bond motifs is 3. The standard InChI is InChI=1S/C40H48N8O10.Eu/c41-13-20-57-22-23-58-21-15-42-34(49)24-47(27-37(53)54)18-16-46(26-36(51)52)17-19-48(28-38(55)56)25-35(50)44-32-9-3-29(4-10-32)5-11-33-12-8-31-7-6-30-2-1-14-43-39(30)40(31)45-33;/h1-4,6-10,12,14H,13,15-28,41H2,(H,42,49)(H,44,50)(H,51,52)(H,53,54)(H,55,56);/q;+3/p-3. The largest absolute Gasteiger partial charge is 3.00 e. The van der Waals surface area contributed by atoms with Gasteiger partial charge < -0.3 is 55.5 Å². The molecule has 312 valence electrons. The van der Waals surface area contributed by atoms with Crippen LogP contribution in [-0.4, -0.2) is 153 Å². The van der Waals surface area contributed by atoms with E-state index in [1.807, 2.05) is 36.4 Å². The molecule has 4 aromatic rings. The van der Waals surface area contributed by atoms with E-state index < -0.39 is 49.4 Å². The number of ether oxygens (including phenoxy) is 2. The molecule has 0 unspecified atom stereocenters. The van der Waals surface area contributed by atoms with Crippen LogP contribution >= 0.6 is 0 Å². The molecule has 4 N–H and O–H groups in total. The van der Waals surface area contributed by atoms with Crippen molar-refractivity contribution in [3.05, 3.63) is 78.1 Å². The van der Waals surface area contributed by atoms with Gasteiger partial charge in [-0.2, -0.15) is 0 Å². The number of hydrogen-bond acceptors (Lipinski definition) is 16. The Hall–Kier alpha value is -4.49. The Kier molecular flexibility index (Phi) is 22.0. The van der Waals surface area contributed by atoms with Crippen molar-refractivity contribution in [2.24, 2.45) is 5.73 Å². The molecule has 4 rings (SSSR count). The molecular weight excluding hydrogens is 904 g/mol. The number of benzene rings is 2. The first-order valence-electron chi connectivity index (χ1n) is 18.4. The van der Waals surface area contributed by atoms with Gasteiger partial charge in [0, 0.05) is 87.1 Å². The molecule has 0 fully saturated rings. The number of rotatable bonds is 25. The van der Waals surface area contributed by atoms with E-state index >= 15 is 0 Å². The van der Waals surface area contributed by atoms with E-state index in [9.17, 15) is 39.3 Å². The number of aromatic nitrogens is 2. The second-order valence-electron chi connectivity index (χ2n) is 13.0. The maximum absolute atomic E-state index is 13.0. The molecule has 0 saturated carbocycles. The number of pyridine rings is 2. The quantitative estimate of drug-likeness (QED) is 0.0329. The van der Waals surface area contributed by atoms with Crippen molar-refractivity contribution < 1.29 is 98.1 Å². The van der Waals surface area contributed by atoms with Gasteiger partial charge in [-0.1, -0.05) is 24.1 Å². The SMILES string of the molecule is NCCOCCOCCNC(=O)CN(CCN(CCN(CC(=O)[O-])CC(=O)Nc1ccc(C#Cc2ccc3ccc4cccnc4c3n2)cc1)CC(=O)[O-])CC(=O)[O-].[Eu+3]. The normalized spacial score (nSPS) is 11.0. The Morgan fingerprint density at radius 2 is 1.20 bits per heavy atom. The van der Waals surface area contributed by atoms with Crippen LogP contribution in [0.1, 0.15) is 11.3 Å². The Bertz CT molecular complexity index is 2080. The molecule has 2 aromatic carbocycles. The number of amides is 2. The Morgan fingerprint density at radius 3 is 1.83 bits per heavy atom. The summed E-state index contributed by atoms with van der Waals surface area (Å²) >= 11 is 0. The van der Waals surface area contributed by atoms with Crippen LogP contribution < -0.4 is 31.7 Å². The summed E-state index contributed by atoms with van der Waals surface area (Å²) in [5.74, 6) is 0.753. The minimum atomic E-state index is -1.45. The third-order valence-corrected chi connectivity index (χ3v) is 8.40. The van der Waals surface area contributed by atoms with Crippen LogP contribution in [0.25, 0.3) is 21.8 Å². The van der Waals surface area contributed by atoms with Crippen molar-refractivity contribution in [1.29, 1.82) is 0 Å². The zero-order valence-electron chi connectivity index (χ0n) is 32.2. The predicted octanol–water partition coefficient (Wildman–Crippen LogP) is -3.61. The van der Waals surface area contributed by atoms with Crippen molar-refractivity contribution in [1.82, 2.24) is 30.0 Å². The van der Waals surface area contributed by atoms with Gasteiger partial charge in [0.2, 0.25) is 11.8 Å². The van der Waals surface area contributed by atoms with Crippen LogP contribution in [0.5, 0.6) is 0 Å². The number of carbonyl (C=O) groups excluding carboxylic acids is 5. The van der Waals surface area contributed by atoms with Gasteiger partial charge >= 0.3 is 49.4 Å². The summed E-state index contributed by atoms with van der Waals surface area (Å²) in [7, 11) is 0. The number of aliphatic carboxylic acids is 3. The number of hydrogen-bond donors (Lipinski definition) is 3. The first-order chi connectivity index (χ1) is 28.0. The van der Waals surface area contributed by atoms with E-state index in [2.05, 4.69) is 27.5 Å². The average Bonchev–Trinajstić information content (AvgIpc) is 3.18. The minimum absolute atomic E-state index is 0. The summed E-state index contributed by atoms with van der Waals surface area (Å²) in [5.41, 5.74) is 8.53. The fraction of sp³-hybridized carbons (Fsp3) is 0.375. The summed E-state index contributed by atoms with van der Waals surface area (Å²) in [6, 6.07) is 18.3. The van der Waals surface area contributed by atoms with E-state index in [0.29, 0.717) is 43.3 Å². The number of anilines is 1. The van der Waals surface area contributed by atoms with Crippen LogP contribution in [0, 0.1) is 61.2 Å². The summed E-state index contributed by atoms with van der Waals surface area (Å²) in [6.07, 6.45) is 1.72. The van der Waals surface area contributed by atoms with Gasteiger partial charge in [-0.3, -0.25) is 29.3 Å². The first-order valence-corrected chi connectivity index (χ1v) is 18.4. The zero-order chi connectivity index (χ0) is 41.7. The van der Waals surface area contributed by atoms with Crippen LogP contribution in [0.15, 0.2) is 66.9 Å². The van der Waals surface area contributed by atoms with Gasteiger partial charge in [-0.15, -0.1) is 0 Å². The first kappa shape index (κ1) is 48.9. The molecule has 0 radical (unpaired) electrons. The van der Waals surface area contributed by atoms with Crippen molar-refractivity contribution in [2.75, 3.05) is 104 Å². The van der Waals surface area contributed by atoms with E-state index in [1.165, 1.54) is 14.7 Å². The minimum Gasteiger partial charge on any atom is -0.549 e. The van der Waals surface area contributed by atoms with Gasteiger partial charge in [-0.05, 0) is 48.4 Å². The average molecular weight is 950 g/mol. The second-order valence-corrected chi connectivity index (χ2v) is 13.0. The monoisotopic (exact) mass is 950 g/mol. The van der Waals surface area contributed by atoms with Crippen LogP contribution in [0.4, 0.5) is 5.69 Å². The molecule has 0 spiro atoms. The molecule has 0 bridgehead atoms. The molecule has 19 heteroatoms. The number of nitrogens with two attached hydrogens (primary N) is 1. The van der Waals surface area contributed by atoms with E-state index in [-0.39, 0.29) is 102 Å². The Labute approximate surface area is 381 Å². The Morgan fingerprint density at radius 1 is 0.644 bits per heavy atom. The van der Waals surface area contributed by atoms with Crippen LogP contribution in [0.2, 0.25) is 0 Å². The maximum atomic E-state index is 13.0. The Balaban J connectivity index is 0.00000930. The van der Waals surface area contributed by atoms with Gasteiger partial charge in [0.15, 0.2) is 0 Å². The fourth-order valence-electron chi connectivity index (χ4n) is 5.71. The van der Waals surface area contributed by atoms with Gasteiger partial charge in [0.1, 0.15) is 5.69 Å². The van der Waals surface area contributed by atoms with Crippen molar-refractivity contribution in [3.63, 3.8) is 0 Å². The van der Waals surface area contributed by atoms with E-state index in [4.69, 9.17) is 20.2 Å². The molecule has 0 aliphatic rings. The topological polar surface area (TPSA) is 259 Å². The van der Waals surface area contributed by atoms with Crippen LogP contribution in [0.3, 0.4) is 0 Å². The van der Waals surface area contributed by atoms with Gasteiger partial charge in [0.25, 0.3) is 0 Å². The number of nitrogens with one attached hydrogen (secondary N) is 2.